The molecule has 3 nitrogen and oxygen atoms in total. The number of hydrogen-bond acceptors (Lipinski definition) is 2. The Balaban J connectivity index is 2.83. The van der Waals surface area contributed by atoms with Crippen LogP contribution < -0.4 is 0 Å². The molecule has 0 amide bonds. The normalized spacial score (nSPS) is 11.9. The van der Waals surface area contributed by atoms with Crippen molar-refractivity contribution >= 4 is 21.9 Å². The van der Waals surface area contributed by atoms with Gasteiger partial charge in [0.1, 0.15) is 0 Å². The second kappa shape index (κ2) is 5.85. The third-order valence-corrected chi connectivity index (χ3v) is 3.83. The summed E-state index contributed by atoms with van der Waals surface area (Å²) in [7, 11) is 1.96. The minimum absolute atomic E-state index is 0.135. The molecule has 18 heavy (non-hydrogen) atoms. The van der Waals surface area contributed by atoms with E-state index in [9.17, 15) is 4.79 Å². The van der Waals surface area contributed by atoms with Gasteiger partial charge in [-0.2, -0.15) is 0 Å². The van der Waals surface area contributed by atoms with E-state index in [0.29, 0.717) is 0 Å². The Bertz CT molecular complexity index is 443. The minimum atomic E-state index is -0.766. The fraction of sp³-hybridized carbons (Fsp3) is 0.500. The first-order valence-electron chi connectivity index (χ1n) is 5.90. The van der Waals surface area contributed by atoms with E-state index in [4.69, 9.17) is 5.11 Å². The first-order valence-corrected chi connectivity index (χ1v) is 6.70. The quantitative estimate of drug-likeness (QED) is 0.905. The van der Waals surface area contributed by atoms with Crippen molar-refractivity contribution in [3.05, 3.63) is 33.8 Å². The summed E-state index contributed by atoms with van der Waals surface area (Å²) >= 11 is 3.46. The van der Waals surface area contributed by atoms with Crippen molar-refractivity contribution in [2.75, 3.05) is 7.05 Å². The fourth-order valence-corrected chi connectivity index (χ4v) is 2.19. The lowest BCUT2D eigenvalue weighted by atomic mass is 9.97. The highest BCUT2D eigenvalue weighted by molar-refractivity contribution is 9.10. The summed E-state index contributed by atoms with van der Waals surface area (Å²) in [6, 6.07) is 6.17. The summed E-state index contributed by atoms with van der Waals surface area (Å²) in [6.07, 6.45) is 0.135. The summed E-state index contributed by atoms with van der Waals surface area (Å²) in [5, 5.41) is 8.93. The Kier molecular flexibility index (Phi) is 4.93. The zero-order valence-corrected chi connectivity index (χ0v) is 12.9. The van der Waals surface area contributed by atoms with Crippen molar-refractivity contribution < 1.29 is 9.90 Å². The van der Waals surface area contributed by atoms with E-state index in [2.05, 4.69) is 39.9 Å². The van der Waals surface area contributed by atoms with Gasteiger partial charge in [0.25, 0.3) is 0 Å². The monoisotopic (exact) mass is 313 g/mol. The van der Waals surface area contributed by atoms with E-state index in [1.807, 2.05) is 27.0 Å². The number of carboxylic acids is 1. The number of halogens is 1. The van der Waals surface area contributed by atoms with Gasteiger partial charge in [-0.15, -0.1) is 0 Å². The molecule has 0 aliphatic carbocycles. The topological polar surface area (TPSA) is 40.5 Å². The van der Waals surface area contributed by atoms with Gasteiger partial charge in [0.2, 0.25) is 0 Å². The Hall–Kier alpha value is -0.870. The lowest BCUT2D eigenvalue weighted by Gasteiger charge is -2.34. The molecule has 1 N–H and O–H groups in total. The van der Waals surface area contributed by atoms with Crippen LogP contribution in [-0.2, 0) is 11.3 Å². The second-order valence-corrected chi connectivity index (χ2v) is 6.23. The third kappa shape index (κ3) is 4.10. The molecule has 0 fully saturated rings. The first-order chi connectivity index (χ1) is 8.22. The van der Waals surface area contributed by atoms with Crippen LogP contribution in [0.15, 0.2) is 22.7 Å². The molecule has 0 saturated heterocycles. The molecule has 0 aliphatic heterocycles. The molecule has 0 bridgehead atoms. The van der Waals surface area contributed by atoms with Crippen molar-refractivity contribution in [3.8, 4) is 0 Å². The molecular weight excluding hydrogens is 294 g/mol. The lowest BCUT2D eigenvalue weighted by Crippen LogP contribution is -2.42. The molecule has 0 aliphatic rings. The average Bonchev–Trinajstić information content (AvgIpc) is 2.21. The van der Waals surface area contributed by atoms with Gasteiger partial charge >= 0.3 is 5.97 Å². The summed E-state index contributed by atoms with van der Waals surface area (Å²) in [6.45, 7) is 6.72. The lowest BCUT2D eigenvalue weighted by molar-refractivity contribution is -0.139. The van der Waals surface area contributed by atoms with Gasteiger partial charge in [0, 0.05) is 16.6 Å². The number of benzene rings is 1. The first kappa shape index (κ1) is 15.2. The molecule has 1 rings (SSSR count). The van der Waals surface area contributed by atoms with Crippen molar-refractivity contribution in [1.82, 2.24) is 4.90 Å². The average molecular weight is 314 g/mol. The highest BCUT2D eigenvalue weighted by Crippen LogP contribution is 2.23. The molecule has 100 valence electrons. The molecule has 1 aromatic carbocycles. The van der Waals surface area contributed by atoms with Gasteiger partial charge < -0.3 is 5.11 Å². The van der Waals surface area contributed by atoms with Crippen LogP contribution in [0.3, 0.4) is 0 Å². The van der Waals surface area contributed by atoms with Crippen LogP contribution in [0.25, 0.3) is 0 Å². The maximum absolute atomic E-state index is 10.9. The van der Waals surface area contributed by atoms with E-state index < -0.39 is 5.97 Å². The van der Waals surface area contributed by atoms with Gasteiger partial charge in [-0.1, -0.05) is 22.0 Å². The minimum Gasteiger partial charge on any atom is -0.481 e. The van der Waals surface area contributed by atoms with Crippen LogP contribution in [-0.4, -0.2) is 28.6 Å². The predicted molar refractivity (Wildman–Crippen MR) is 76.7 cm³/mol. The number of aryl methyl sites for hydroxylation is 1. The fourth-order valence-electron chi connectivity index (χ4n) is 1.78. The largest absolute Gasteiger partial charge is 0.481 e. The molecule has 0 spiro atoms. The van der Waals surface area contributed by atoms with Gasteiger partial charge in [-0.25, -0.2) is 0 Å². The molecule has 0 unspecified atom stereocenters. The Labute approximate surface area is 117 Å². The zero-order chi connectivity index (χ0) is 13.9. The predicted octanol–water partition coefficient (Wildman–Crippen LogP) is 3.44. The maximum atomic E-state index is 10.9. The molecule has 0 heterocycles. The number of hydrogen-bond donors (Lipinski definition) is 1. The van der Waals surface area contributed by atoms with Crippen LogP contribution in [0, 0.1) is 6.92 Å². The highest BCUT2D eigenvalue weighted by atomic mass is 79.9. The summed E-state index contributed by atoms with van der Waals surface area (Å²) in [4.78, 5) is 12.9. The number of carboxylic acid groups (broad SMARTS) is 1. The van der Waals surface area contributed by atoms with Gasteiger partial charge in [0.05, 0.1) is 6.42 Å². The number of nitrogens with zero attached hydrogens (tertiary/aromatic N) is 1. The number of aliphatic carboxylic acids is 1. The molecule has 0 aromatic heterocycles. The summed E-state index contributed by atoms with van der Waals surface area (Å²) in [5.41, 5.74) is 2.07. The molecule has 1 aromatic rings. The molecular formula is C14H20BrNO2. The standard InChI is InChI=1S/C14H20BrNO2/c1-10-5-6-12(15)7-11(10)9-16(4)14(2,3)8-13(17)18/h5-7H,8-9H2,1-4H3,(H,17,18). The van der Waals surface area contributed by atoms with Crippen LogP contribution in [0.1, 0.15) is 31.4 Å². The molecule has 0 radical (unpaired) electrons. The number of rotatable bonds is 5. The van der Waals surface area contributed by atoms with Crippen LogP contribution >= 0.6 is 15.9 Å². The molecule has 4 heteroatoms. The summed E-state index contributed by atoms with van der Waals surface area (Å²) < 4.78 is 1.05. The van der Waals surface area contributed by atoms with Crippen molar-refractivity contribution in [2.24, 2.45) is 0 Å². The van der Waals surface area contributed by atoms with E-state index in [1.165, 1.54) is 11.1 Å². The van der Waals surface area contributed by atoms with E-state index in [0.717, 1.165) is 11.0 Å². The smallest absolute Gasteiger partial charge is 0.305 e. The zero-order valence-electron chi connectivity index (χ0n) is 11.3. The molecule has 0 saturated carbocycles. The Morgan fingerprint density at radius 3 is 2.61 bits per heavy atom. The van der Waals surface area contributed by atoms with Crippen LogP contribution in [0.4, 0.5) is 0 Å². The van der Waals surface area contributed by atoms with Crippen LogP contribution in [0.2, 0.25) is 0 Å². The van der Waals surface area contributed by atoms with Gasteiger partial charge in [-0.3, -0.25) is 9.69 Å². The van der Waals surface area contributed by atoms with Gasteiger partial charge in [0.15, 0.2) is 0 Å². The summed E-state index contributed by atoms with van der Waals surface area (Å²) in [5.74, 6) is -0.766. The Morgan fingerprint density at radius 1 is 1.44 bits per heavy atom. The van der Waals surface area contributed by atoms with Crippen molar-refractivity contribution in [2.45, 2.75) is 39.3 Å². The maximum Gasteiger partial charge on any atom is 0.305 e. The van der Waals surface area contributed by atoms with E-state index in [1.54, 1.807) is 0 Å². The van der Waals surface area contributed by atoms with Gasteiger partial charge in [-0.05, 0) is 51.1 Å². The molecule has 0 atom stereocenters. The van der Waals surface area contributed by atoms with Crippen LogP contribution in [0.5, 0.6) is 0 Å². The van der Waals surface area contributed by atoms with Crippen molar-refractivity contribution in [1.29, 1.82) is 0 Å². The second-order valence-electron chi connectivity index (χ2n) is 5.31. The third-order valence-electron chi connectivity index (χ3n) is 3.34. The highest BCUT2D eigenvalue weighted by Gasteiger charge is 2.26. The van der Waals surface area contributed by atoms with E-state index >= 15 is 0 Å². The van der Waals surface area contributed by atoms with E-state index in [-0.39, 0.29) is 12.0 Å². The number of carbonyl (C=O) groups is 1. The Morgan fingerprint density at radius 2 is 2.06 bits per heavy atom. The van der Waals surface area contributed by atoms with Crippen molar-refractivity contribution in [3.63, 3.8) is 0 Å². The SMILES string of the molecule is Cc1ccc(Br)cc1CN(C)C(C)(C)CC(=O)O.